The molecule has 1 aromatic heterocycles. The molecule has 0 unspecified atom stereocenters. The van der Waals surface area contributed by atoms with E-state index < -0.39 is 0 Å². The van der Waals surface area contributed by atoms with Gasteiger partial charge in [-0.05, 0) is 45.4 Å². The van der Waals surface area contributed by atoms with Crippen LogP contribution >= 0.6 is 0 Å². The largest absolute Gasteiger partial charge is 0.326 e. The Balaban J connectivity index is 2.01. The molecule has 1 heterocycles. The molecule has 4 nitrogen and oxygen atoms in total. The molecule has 1 aromatic carbocycles. The Morgan fingerprint density at radius 3 is 2.60 bits per heavy atom. The Morgan fingerprint density at radius 1 is 1.30 bits per heavy atom. The molecule has 0 aliphatic carbocycles. The molecule has 1 amide bonds. The van der Waals surface area contributed by atoms with E-state index in [1.54, 1.807) is 0 Å². The van der Waals surface area contributed by atoms with Crippen molar-refractivity contribution in [2.45, 2.75) is 40.2 Å². The molecular formula is C16H21N3O. The molecule has 2 rings (SSSR count). The second-order valence-electron chi connectivity index (χ2n) is 5.29. The summed E-state index contributed by atoms with van der Waals surface area (Å²) in [4.78, 5) is 12.1. The van der Waals surface area contributed by atoms with Gasteiger partial charge in [-0.3, -0.25) is 9.48 Å². The van der Waals surface area contributed by atoms with Crippen LogP contribution in [0.1, 0.15) is 36.3 Å². The van der Waals surface area contributed by atoms with Crippen LogP contribution in [0.25, 0.3) is 0 Å². The standard InChI is InChI=1S/C16H21N3O/c1-11-7-5-6-8-15(11)17-16(20)10-14(4)19-13(3)9-12(2)18-19/h5-9,14H,10H2,1-4H3,(H,17,20)/t14-/m0/s1. The summed E-state index contributed by atoms with van der Waals surface area (Å²) in [5, 5.41) is 7.38. The maximum atomic E-state index is 12.1. The Bertz CT molecular complexity index is 616. The van der Waals surface area contributed by atoms with Gasteiger partial charge < -0.3 is 5.32 Å². The Labute approximate surface area is 119 Å². The second kappa shape index (κ2) is 5.90. The molecule has 0 fully saturated rings. The lowest BCUT2D eigenvalue weighted by Gasteiger charge is -2.15. The first kappa shape index (κ1) is 14.3. The lowest BCUT2D eigenvalue weighted by atomic mass is 10.2. The molecule has 20 heavy (non-hydrogen) atoms. The topological polar surface area (TPSA) is 46.9 Å². The van der Waals surface area contributed by atoms with Crippen LogP contribution in [0.3, 0.4) is 0 Å². The smallest absolute Gasteiger partial charge is 0.226 e. The van der Waals surface area contributed by atoms with Gasteiger partial charge in [-0.15, -0.1) is 0 Å². The van der Waals surface area contributed by atoms with Crippen LogP contribution in [0, 0.1) is 20.8 Å². The number of aromatic nitrogens is 2. The lowest BCUT2D eigenvalue weighted by molar-refractivity contribution is -0.116. The summed E-state index contributed by atoms with van der Waals surface area (Å²) in [5.41, 5.74) is 4.00. The number of nitrogens with one attached hydrogen (secondary N) is 1. The number of anilines is 1. The van der Waals surface area contributed by atoms with Crippen molar-refractivity contribution >= 4 is 11.6 Å². The molecule has 0 saturated carbocycles. The van der Waals surface area contributed by atoms with Crippen LogP contribution in [-0.2, 0) is 4.79 Å². The molecule has 0 aliphatic rings. The van der Waals surface area contributed by atoms with E-state index in [1.165, 1.54) is 0 Å². The maximum Gasteiger partial charge on any atom is 0.226 e. The van der Waals surface area contributed by atoms with Crippen LogP contribution < -0.4 is 5.32 Å². The first-order valence-electron chi connectivity index (χ1n) is 6.85. The summed E-state index contributed by atoms with van der Waals surface area (Å²) in [6.45, 7) is 7.97. The minimum absolute atomic E-state index is 0.0133. The average molecular weight is 271 g/mol. The van der Waals surface area contributed by atoms with Gasteiger partial charge in [0.25, 0.3) is 0 Å². The number of benzene rings is 1. The van der Waals surface area contributed by atoms with E-state index in [0.29, 0.717) is 6.42 Å². The number of nitrogens with zero attached hydrogens (tertiary/aromatic N) is 2. The van der Waals surface area contributed by atoms with Crippen LogP contribution in [0.15, 0.2) is 30.3 Å². The third-order valence-electron chi connectivity index (χ3n) is 3.36. The first-order valence-corrected chi connectivity index (χ1v) is 6.85. The van der Waals surface area contributed by atoms with Crippen LogP contribution in [0.2, 0.25) is 0 Å². The van der Waals surface area contributed by atoms with Crippen molar-refractivity contribution in [3.8, 4) is 0 Å². The van der Waals surface area contributed by atoms with E-state index in [0.717, 1.165) is 22.6 Å². The highest BCUT2D eigenvalue weighted by molar-refractivity contribution is 5.91. The average Bonchev–Trinajstić information content (AvgIpc) is 2.71. The zero-order valence-corrected chi connectivity index (χ0v) is 12.5. The summed E-state index contributed by atoms with van der Waals surface area (Å²) in [6.07, 6.45) is 0.413. The van der Waals surface area contributed by atoms with Crippen molar-refractivity contribution in [2.24, 2.45) is 0 Å². The van der Waals surface area contributed by atoms with Crippen molar-refractivity contribution in [1.29, 1.82) is 0 Å². The molecule has 4 heteroatoms. The lowest BCUT2D eigenvalue weighted by Crippen LogP contribution is -2.19. The highest BCUT2D eigenvalue weighted by Gasteiger charge is 2.14. The van der Waals surface area contributed by atoms with Gasteiger partial charge in [-0.25, -0.2) is 0 Å². The minimum Gasteiger partial charge on any atom is -0.326 e. The van der Waals surface area contributed by atoms with Gasteiger partial charge in [0.2, 0.25) is 5.91 Å². The molecule has 1 atom stereocenters. The van der Waals surface area contributed by atoms with E-state index in [2.05, 4.69) is 10.4 Å². The number of carbonyl (C=O) groups excluding carboxylic acids is 1. The second-order valence-corrected chi connectivity index (χ2v) is 5.29. The van der Waals surface area contributed by atoms with Gasteiger partial charge in [0.1, 0.15) is 0 Å². The van der Waals surface area contributed by atoms with E-state index in [9.17, 15) is 4.79 Å². The Morgan fingerprint density at radius 2 is 2.00 bits per heavy atom. The number of aryl methyl sites for hydroxylation is 3. The number of hydrogen-bond acceptors (Lipinski definition) is 2. The van der Waals surface area contributed by atoms with Crippen LogP contribution in [-0.4, -0.2) is 15.7 Å². The number of carbonyl (C=O) groups is 1. The molecule has 0 saturated heterocycles. The van der Waals surface area contributed by atoms with Gasteiger partial charge in [0.15, 0.2) is 0 Å². The Hall–Kier alpha value is -2.10. The third-order valence-corrected chi connectivity index (χ3v) is 3.36. The fraction of sp³-hybridized carbons (Fsp3) is 0.375. The highest BCUT2D eigenvalue weighted by Crippen LogP contribution is 2.17. The zero-order valence-electron chi connectivity index (χ0n) is 12.5. The number of hydrogen-bond donors (Lipinski definition) is 1. The first-order chi connectivity index (χ1) is 9.47. The van der Waals surface area contributed by atoms with Crippen LogP contribution in [0.5, 0.6) is 0 Å². The number of para-hydroxylation sites is 1. The molecule has 106 valence electrons. The predicted molar refractivity (Wildman–Crippen MR) is 80.8 cm³/mol. The molecule has 0 aliphatic heterocycles. The van der Waals surface area contributed by atoms with Gasteiger partial charge >= 0.3 is 0 Å². The van der Waals surface area contributed by atoms with Crippen molar-refractivity contribution < 1.29 is 4.79 Å². The summed E-state index contributed by atoms with van der Waals surface area (Å²) in [7, 11) is 0. The van der Waals surface area contributed by atoms with E-state index in [1.807, 2.05) is 62.7 Å². The maximum absolute atomic E-state index is 12.1. The van der Waals surface area contributed by atoms with Gasteiger partial charge in [-0.1, -0.05) is 18.2 Å². The van der Waals surface area contributed by atoms with Crippen molar-refractivity contribution in [3.63, 3.8) is 0 Å². The Kier molecular flexibility index (Phi) is 4.23. The zero-order chi connectivity index (χ0) is 14.7. The van der Waals surface area contributed by atoms with E-state index >= 15 is 0 Å². The van der Waals surface area contributed by atoms with E-state index in [-0.39, 0.29) is 11.9 Å². The highest BCUT2D eigenvalue weighted by atomic mass is 16.1. The van der Waals surface area contributed by atoms with Crippen LogP contribution in [0.4, 0.5) is 5.69 Å². The molecule has 2 aromatic rings. The fourth-order valence-corrected chi connectivity index (χ4v) is 2.36. The summed E-state index contributed by atoms with van der Waals surface area (Å²) >= 11 is 0. The summed E-state index contributed by atoms with van der Waals surface area (Å²) < 4.78 is 1.91. The summed E-state index contributed by atoms with van der Waals surface area (Å²) in [6, 6.07) is 9.86. The van der Waals surface area contributed by atoms with Gasteiger partial charge in [0.05, 0.1) is 11.7 Å². The minimum atomic E-state index is 0.0133. The number of rotatable bonds is 4. The monoisotopic (exact) mass is 271 g/mol. The third kappa shape index (κ3) is 3.26. The fourth-order valence-electron chi connectivity index (χ4n) is 2.36. The molecule has 0 bridgehead atoms. The van der Waals surface area contributed by atoms with Crippen molar-refractivity contribution in [3.05, 3.63) is 47.3 Å². The predicted octanol–water partition coefficient (Wildman–Crippen LogP) is 3.40. The molecule has 1 N–H and O–H groups in total. The van der Waals surface area contributed by atoms with E-state index in [4.69, 9.17) is 0 Å². The number of amides is 1. The van der Waals surface area contributed by atoms with Gasteiger partial charge in [0, 0.05) is 17.8 Å². The SMILES string of the molecule is Cc1cc(C)n([C@@H](C)CC(=O)Nc2ccccc2C)n1. The summed E-state index contributed by atoms with van der Waals surface area (Å²) in [5.74, 6) is 0.0133. The van der Waals surface area contributed by atoms with Crippen molar-refractivity contribution in [1.82, 2.24) is 9.78 Å². The van der Waals surface area contributed by atoms with Crippen molar-refractivity contribution in [2.75, 3.05) is 5.32 Å². The normalized spacial score (nSPS) is 12.2. The molecular weight excluding hydrogens is 250 g/mol. The quantitative estimate of drug-likeness (QED) is 0.926. The molecule has 0 radical (unpaired) electrons. The molecule has 0 spiro atoms. The van der Waals surface area contributed by atoms with Gasteiger partial charge in [-0.2, -0.15) is 5.10 Å².